The Kier molecular flexibility index (Phi) is 6.45. The van der Waals surface area contributed by atoms with E-state index < -0.39 is 12.7 Å². The van der Waals surface area contributed by atoms with Gasteiger partial charge in [0.05, 0.1) is 11.7 Å². The lowest BCUT2D eigenvalue weighted by Gasteiger charge is -2.17. The molecule has 0 radical (unpaired) electrons. The van der Waals surface area contributed by atoms with E-state index in [1.807, 2.05) is 32.0 Å². The number of rotatable bonds is 6. The zero-order chi connectivity index (χ0) is 28.1. The van der Waals surface area contributed by atoms with E-state index in [0.717, 1.165) is 15.8 Å². The third-order valence-electron chi connectivity index (χ3n) is 6.53. The number of benzene rings is 2. The number of alkyl halides is 3. The number of pyridine rings is 1. The Morgan fingerprint density at radius 1 is 1.13 bits per heavy atom. The van der Waals surface area contributed by atoms with Crippen molar-refractivity contribution in [2.75, 3.05) is 6.54 Å². The molecule has 11 heteroatoms. The van der Waals surface area contributed by atoms with Crippen LogP contribution in [-0.2, 0) is 13.6 Å². The van der Waals surface area contributed by atoms with Crippen molar-refractivity contribution in [3.8, 4) is 22.6 Å². The first-order valence-corrected chi connectivity index (χ1v) is 12.3. The number of H-pyrrole nitrogens is 1. The average Bonchev–Trinajstić information content (AvgIpc) is 3.47. The molecule has 0 aliphatic rings. The number of aryl methyl sites for hydroxylation is 3. The van der Waals surface area contributed by atoms with Crippen LogP contribution in [0.5, 0.6) is 11.5 Å². The minimum absolute atomic E-state index is 0.191. The highest BCUT2D eigenvalue weighted by Crippen LogP contribution is 2.41. The second kappa shape index (κ2) is 9.64. The maximum atomic E-state index is 13.3. The van der Waals surface area contributed by atoms with Crippen molar-refractivity contribution in [1.82, 2.24) is 24.6 Å². The molecular formula is C28H26F3N5O3. The summed E-state index contributed by atoms with van der Waals surface area (Å²) in [6.45, 7) is 4.71. The fourth-order valence-corrected chi connectivity index (χ4v) is 4.69. The number of aromatic nitrogens is 4. The highest BCUT2D eigenvalue weighted by molar-refractivity contribution is 6.04. The molecule has 1 amide bonds. The van der Waals surface area contributed by atoms with Gasteiger partial charge in [0.15, 0.2) is 0 Å². The van der Waals surface area contributed by atoms with Crippen molar-refractivity contribution >= 4 is 27.7 Å². The maximum Gasteiger partial charge on any atom is 0.408 e. The molecule has 0 aliphatic heterocycles. The van der Waals surface area contributed by atoms with Crippen LogP contribution < -0.4 is 15.6 Å². The number of nitrogens with one attached hydrogen (secondary N) is 2. The predicted molar refractivity (Wildman–Crippen MR) is 142 cm³/mol. The number of nitrogens with zero attached hydrogens (tertiary/aromatic N) is 3. The van der Waals surface area contributed by atoms with Crippen molar-refractivity contribution in [2.45, 2.75) is 33.5 Å². The topological polar surface area (TPSA) is 93.9 Å². The highest BCUT2D eigenvalue weighted by Gasteiger charge is 2.30. The second-order valence-corrected chi connectivity index (χ2v) is 9.44. The average molecular weight is 538 g/mol. The first-order valence-electron chi connectivity index (χ1n) is 12.3. The normalized spacial score (nSPS) is 11.9. The fourth-order valence-electron chi connectivity index (χ4n) is 4.69. The van der Waals surface area contributed by atoms with E-state index in [4.69, 9.17) is 4.74 Å². The van der Waals surface area contributed by atoms with Crippen LogP contribution in [0, 0.1) is 13.8 Å². The molecule has 3 heterocycles. The second-order valence-electron chi connectivity index (χ2n) is 9.44. The molecule has 2 aromatic carbocycles. The Morgan fingerprint density at radius 3 is 2.51 bits per heavy atom. The summed E-state index contributed by atoms with van der Waals surface area (Å²) in [5, 5.41) is 7.57. The summed E-state index contributed by atoms with van der Waals surface area (Å²) in [5.41, 5.74) is 2.97. The summed E-state index contributed by atoms with van der Waals surface area (Å²) in [6, 6.07) is 10.5. The number of fused-ring (bicyclic) bond motifs is 2. The summed E-state index contributed by atoms with van der Waals surface area (Å²) in [4.78, 5) is 28.5. The first kappa shape index (κ1) is 26.1. The Morgan fingerprint density at radius 2 is 1.85 bits per heavy atom. The minimum atomic E-state index is -4.47. The summed E-state index contributed by atoms with van der Waals surface area (Å²) in [7, 11) is 1.57. The number of aromatic amines is 1. The number of halogens is 3. The zero-order valence-corrected chi connectivity index (χ0v) is 21.7. The van der Waals surface area contributed by atoms with Gasteiger partial charge < -0.3 is 19.6 Å². The van der Waals surface area contributed by atoms with E-state index in [1.165, 1.54) is 10.8 Å². The molecule has 8 nitrogen and oxygen atoms in total. The quantitative estimate of drug-likeness (QED) is 0.295. The molecule has 39 heavy (non-hydrogen) atoms. The maximum absolute atomic E-state index is 13.3. The van der Waals surface area contributed by atoms with Crippen LogP contribution in [0.1, 0.15) is 28.5 Å². The van der Waals surface area contributed by atoms with Crippen LogP contribution in [0.3, 0.4) is 0 Å². The fraction of sp³-hybridized carbons (Fsp3) is 0.250. The van der Waals surface area contributed by atoms with Gasteiger partial charge in [0, 0.05) is 41.7 Å². The van der Waals surface area contributed by atoms with E-state index in [9.17, 15) is 22.8 Å². The number of amides is 1. The Balaban J connectivity index is 1.80. The Bertz CT molecular complexity index is 1780. The summed E-state index contributed by atoms with van der Waals surface area (Å²) < 4.78 is 48.6. The molecule has 0 unspecified atom stereocenters. The molecule has 3 aromatic heterocycles. The van der Waals surface area contributed by atoms with Gasteiger partial charge in [0.25, 0.3) is 11.5 Å². The summed E-state index contributed by atoms with van der Waals surface area (Å²) in [6.07, 6.45) is -1.52. The van der Waals surface area contributed by atoms with E-state index in [0.29, 0.717) is 39.9 Å². The van der Waals surface area contributed by atoms with Crippen molar-refractivity contribution in [2.24, 2.45) is 7.05 Å². The lowest BCUT2D eigenvalue weighted by Crippen LogP contribution is -2.23. The van der Waals surface area contributed by atoms with Gasteiger partial charge in [0.1, 0.15) is 29.3 Å². The number of para-hydroxylation sites is 1. The highest BCUT2D eigenvalue weighted by atomic mass is 19.4. The summed E-state index contributed by atoms with van der Waals surface area (Å²) in [5.74, 6) is 0.596. The molecule has 202 valence electrons. The van der Waals surface area contributed by atoms with Gasteiger partial charge in [0.2, 0.25) is 0 Å². The Hall–Kier alpha value is -4.54. The van der Waals surface area contributed by atoms with Crippen LogP contribution in [0.4, 0.5) is 13.2 Å². The molecule has 0 spiro atoms. The molecular weight excluding hydrogens is 511 g/mol. The van der Waals surface area contributed by atoms with Crippen LogP contribution in [0.15, 0.2) is 53.6 Å². The number of ether oxygens (including phenoxy) is 1. The van der Waals surface area contributed by atoms with E-state index in [2.05, 4.69) is 15.4 Å². The van der Waals surface area contributed by atoms with Gasteiger partial charge in [-0.05, 0) is 50.1 Å². The van der Waals surface area contributed by atoms with Gasteiger partial charge in [-0.2, -0.15) is 18.3 Å². The lowest BCUT2D eigenvalue weighted by molar-refractivity contribution is -0.141. The predicted octanol–water partition coefficient (Wildman–Crippen LogP) is 5.60. The molecule has 5 rings (SSSR count). The number of carbonyl (C=O) groups is 1. The standard InChI is InChI=1S/C28H26F3N5O3/c1-5-32-26(37)21-10-19-20(13-35(4)27(38)24(19)34-21)18-11-22-17(12-33-36(22)14-28(29,30)31)9-23(18)39-25-15(2)7-6-8-16(25)3/h6-13,34H,5,14H2,1-4H3,(H,32,37). The third-order valence-corrected chi connectivity index (χ3v) is 6.53. The largest absolute Gasteiger partial charge is 0.456 e. The molecule has 0 saturated carbocycles. The van der Waals surface area contributed by atoms with E-state index in [-0.39, 0.29) is 28.2 Å². The van der Waals surface area contributed by atoms with Crippen molar-refractivity contribution in [3.63, 3.8) is 0 Å². The zero-order valence-electron chi connectivity index (χ0n) is 21.7. The molecule has 5 aromatic rings. The van der Waals surface area contributed by atoms with Crippen LogP contribution in [-0.4, -0.2) is 38.0 Å². The number of hydrogen-bond donors (Lipinski definition) is 2. The Labute approximate surface area is 221 Å². The summed E-state index contributed by atoms with van der Waals surface area (Å²) >= 11 is 0. The van der Waals surface area contributed by atoms with Crippen LogP contribution >= 0.6 is 0 Å². The van der Waals surface area contributed by atoms with Crippen molar-refractivity contribution < 1.29 is 22.7 Å². The van der Waals surface area contributed by atoms with Crippen LogP contribution in [0.25, 0.3) is 32.9 Å². The number of carbonyl (C=O) groups excluding carboxylic acids is 1. The SMILES string of the molecule is CCNC(=O)c1cc2c(-c3cc4c(cnn4CC(F)(F)F)cc3Oc3c(C)cccc3C)cn(C)c(=O)c2[nH]1. The number of hydrogen-bond acceptors (Lipinski definition) is 4. The van der Waals surface area contributed by atoms with Gasteiger partial charge >= 0.3 is 6.18 Å². The van der Waals surface area contributed by atoms with E-state index in [1.54, 1.807) is 38.4 Å². The molecule has 0 aliphatic carbocycles. The first-order chi connectivity index (χ1) is 18.5. The lowest BCUT2D eigenvalue weighted by atomic mass is 10.0. The van der Waals surface area contributed by atoms with Gasteiger partial charge in [-0.1, -0.05) is 18.2 Å². The molecule has 0 fully saturated rings. The van der Waals surface area contributed by atoms with E-state index >= 15 is 0 Å². The van der Waals surface area contributed by atoms with Crippen molar-refractivity contribution in [3.05, 3.63) is 76.0 Å². The monoisotopic (exact) mass is 537 g/mol. The van der Waals surface area contributed by atoms with Gasteiger partial charge in [-0.15, -0.1) is 0 Å². The molecule has 0 saturated heterocycles. The van der Waals surface area contributed by atoms with Crippen LogP contribution in [0.2, 0.25) is 0 Å². The smallest absolute Gasteiger partial charge is 0.408 e. The molecule has 2 N–H and O–H groups in total. The molecule has 0 atom stereocenters. The third kappa shape index (κ3) is 4.87. The van der Waals surface area contributed by atoms with Gasteiger partial charge in [-0.25, -0.2) is 0 Å². The van der Waals surface area contributed by atoms with Crippen molar-refractivity contribution in [1.29, 1.82) is 0 Å². The minimum Gasteiger partial charge on any atom is -0.456 e. The molecule has 0 bridgehead atoms. The van der Waals surface area contributed by atoms with Gasteiger partial charge in [-0.3, -0.25) is 14.3 Å².